The summed E-state index contributed by atoms with van der Waals surface area (Å²) in [7, 11) is 0. The van der Waals surface area contributed by atoms with Crippen LogP contribution < -0.4 is 5.32 Å². The number of alkyl halides is 3. The summed E-state index contributed by atoms with van der Waals surface area (Å²) >= 11 is 0. The van der Waals surface area contributed by atoms with Gasteiger partial charge in [0.05, 0.1) is 22.8 Å². The summed E-state index contributed by atoms with van der Waals surface area (Å²) in [4.78, 5) is 13.0. The fraction of sp³-hybridized carbons (Fsp3) is 0.611. The number of hydrogen-bond donors (Lipinski definition) is 2. The fourth-order valence-electron chi connectivity index (χ4n) is 4.71. The molecule has 3 rings (SSSR count). The van der Waals surface area contributed by atoms with Crippen LogP contribution in [0.4, 0.5) is 18.9 Å². The minimum Gasteiger partial charge on any atom is -0.393 e. The van der Waals surface area contributed by atoms with Crippen LogP contribution in [0.25, 0.3) is 0 Å². The van der Waals surface area contributed by atoms with E-state index in [0.29, 0.717) is 12.8 Å². The van der Waals surface area contributed by atoms with Gasteiger partial charge in [0.2, 0.25) is 5.91 Å². The monoisotopic (exact) mass is 341 g/mol. The number of nitrogens with one attached hydrogen (secondary N) is 1. The summed E-state index contributed by atoms with van der Waals surface area (Å²) in [6.45, 7) is 5.83. The van der Waals surface area contributed by atoms with Gasteiger partial charge in [0.25, 0.3) is 0 Å². The van der Waals surface area contributed by atoms with Crippen molar-refractivity contribution in [3.05, 3.63) is 29.8 Å². The van der Waals surface area contributed by atoms with E-state index < -0.39 is 40.0 Å². The largest absolute Gasteiger partial charge is 0.418 e. The van der Waals surface area contributed by atoms with E-state index in [1.807, 2.05) is 20.8 Å². The highest BCUT2D eigenvalue weighted by molar-refractivity contribution is 5.97. The molecule has 0 aromatic heterocycles. The average molecular weight is 341 g/mol. The van der Waals surface area contributed by atoms with Crippen LogP contribution >= 0.6 is 0 Å². The second-order valence-electron chi connectivity index (χ2n) is 7.84. The van der Waals surface area contributed by atoms with Crippen LogP contribution in [0.3, 0.4) is 0 Å². The third-order valence-electron chi connectivity index (χ3n) is 6.89. The zero-order valence-corrected chi connectivity index (χ0v) is 14.0. The Morgan fingerprint density at radius 3 is 2.33 bits per heavy atom. The van der Waals surface area contributed by atoms with Crippen molar-refractivity contribution in [2.24, 2.45) is 16.2 Å². The maximum Gasteiger partial charge on any atom is 0.418 e. The summed E-state index contributed by atoms with van der Waals surface area (Å²) in [6, 6.07) is 4.99. The molecule has 2 saturated carbocycles. The number of halogens is 3. The number of carbonyl (C=O) groups excluding carboxylic acids is 1. The molecule has 0 aliphatic heterocycles. The summed E-state index contributed by atoms with van der Waals surface area (Å²) in [5, 5.41) is 12.9. The van der Waals surface area contributed by atoms with Gasteiger partial charge in [-0.2, -0.15) is 13.2 Å². The number of hydrogen-bond acceptors (Lipinski definition) is 2. The van der Waals surface area contributed by atoms with E-state index in [1.54, 1.807) is 0 Å². The van der Waals surface area contributed by atoms with Crippen molar-refractivity contribution in [1.29, 1.82) is 0 Å². The zero-order valence-electron chi connectivity index (χ0n) is 14.0. The quantitative estimate of drug-likeness (QED) is 0.846. The van der Waals surface area contributed by atoms with Gasteiger partial charge in [-0.3, -0.25) is 4.79 Å². The highest BCUT2D eigenvalue weighted by Crippen LogP contribution is 2.72. The Kier molecular flexibility index (Phi) is 3.58. The normalized spacial score (nSPS) is 34.4. The lowest BCUT2D eigenvalue weighted by molar-refractivity contribution is -0.137. The standard InChI is InChI=1S/C18H22F3NO2/c1-15(2)16(3)8-9-17(15,10-13(16)23)14(24)22-12-7-5-4-6-11(12)18(19,20)21/h4-7,13,23H,8-10H2,1-3H3,(H,22,24). The van der Waals surface area contributed by atoms with Gasteiger partial charge >= 0.3 is 6.18 Å². The summed E-state index contributed by atoms with van der Waals surface area (Å²) in [6.07, 6.45) is -3.60. The maximum absolute atomic E-state index is 13.1. The number of aliphatic hydroxyl groups excluding tert-OH is 1. The predicted molar refractivity (Wildman–Crippen MR) is 84.3 cm³/mol. The van der Waals surface area contributed by atoms with Crippen LogP contribution in [-0.4, -0.2) is 17.1 Å². The van der Waals surface area contributed by atoms with Crippen LogP contribution in [-0.2, 0) is 11.0 Å². The number of benzene rings is 1. The van der Waals surface area contributed by atoms with Crippen molar-refractivity contribution in [3.63, 3.8) is 0 Å². The van der Waals surface area contributed by atoms with Crippen molar-refractivity contribution >= 4 is 11.6 Å². The second-order valence-corrected chi connectivity index (χ2v) is 7.84. The molecule has 0 radical (unpaired) electrons. The molecular weight excluding hydrogens is 319 g/mol. The molecule has 0 spiro atoms. The number of amides is 1. The van der Waals surface area contributed by atoms with E-state index in [1.165, 1.54) is 18.2 Å². The number of carbonyl (C=O) groups is 1. The molecule has 132 valence electrons. The van der Waals surface area contributed by atoms with Crippen molar-refractivity contribution < 1.29 is 23.1 Å². The molecule has 2 fully saturated rings. The smallest absolute Gasteiger partial charge is 0.393 e. The summed E-state index contributed by atoms with van der Waals surface area (Å²) in [5.41, 5.74) is -2.81. The third kappa shape index (κ3) is 2.05. The van der Waals surface area contributed by atoms with E-state index in [2.05, 4.69) is 5.32 Å². The molecule has 1 aromatic rings. The minimum atomic E-state index is -4.53. The zero-order chi connectivity index (χ0) is 18.0. The highest BCUT2D eigenvalue weighted by Gasteiger charge is 2.72. The molecule has 2 bridgehead atoms. The van der Waals surface area contributed by atoms with Crippen LogP contribution in [0.15, 0.2) is 24.3 Å². The van der Waals surface area contributed by atoms with Gasteiger partial charge in [-0.15, -0.1) is 0 Å². The molecule has 2 N–H and O–H groups in total. The lowest BCUT2D eigenvalue weighted by atomic mass is 9.64. The van der Waals surface area contributed by atoms with Crippen LogP contribution in [0, 0.1) is 16.2 Å². The molecule has 3 nitrogen and oxygen atoms in total. The van der Waals surface area contributed by atoms with E-state index in [0.717, 1.165) is 6.07 Å². The number of rotatable bonds is 2. The molecule has 3 atom stereocenters. The van der Waals surface area contributed by atoms with Crippen LogP contribution in [0.1, 0.15) is 45.6 Å². The van der Waals surface area contributed by atoms with Gasteiger partial charge in [0.15, 0.2) is 0 Å². The Morgan fingerprint density at radius 2 is 1.83 bits per heavy atom. The van der Waals surface area contributed by atoms with Gasteiger partial charge in [-0.25, -0.2) is 0 Å². The van der Waals surface area contributed by atoms with E-state index in [-0.39, 0.29) is 12.1 Å². The van der Waals surface area contributed by atoms with E-state index in [4.69, 9.17) is 0 Å². The third-order valence-corrected chi connectivity index (χ3v) is 6.89. The number of aliphatic hydroxyl groups is 1. The molecule has 1 aromatic carbocycles. The van der Waals surface area contributed by atoms with Crippen LogP contribution in [0.5, 0.6) is 0 Å². The fourth-order valence-corrected chi connectivity index (χ4v) is 4.71. The lowest BCUT2D eigenvalue weighted by Gasteiger charge is -2.40. The summed E-state index contributed by atoms with van der Waals surface area (Å²) in [5.74, 6) is -0.426. The Hall–Kier alpha value is -1.56. The molecule has 24 heavy (non-hydrogen) atoms. The van der Waals surface area contributed by atoms with Gasteiger partial charge < -0.3 is 10.4 Å². The van der Waals surface area contributed by atoms with E-state index >= 15 is 0 Å². The Labute approximate surface area is 139 Å². The molecular formula is C18H22F3NO2. The predicted octanol–water partition coefficient (Wildman–Crippen LogP) is 4.22. The van der Waals surface area contributed by atoms with Crippen molar-refractivity contribution in [2.45, 2.75) is 52.3 Å². The Morgan fingerprint density at radius 1 is 1.21 bits per heavy atom. The number of para-hydroxylation sites is 1. The Bertz CT molecular complexity index is 685. The highest BCUT2D eigenvalue weighted by atomic mass is 19.4. The molecule has 1 amide bonds. The molecule has 2 aliphatic carbocycles. The maximum atomic E-state index is 13.1. The first kappa shape index (κ1) is 17.3. The van der Waals surface area contributed by atoms with Crippen molar-refractivity contribution in [1.82, 2.24) is 0 Å². The van der Waals surface area contributed by atoms with E-state index in [9.17, 15) is 23.1 Å². The average Bonchev–Trinajstić information content (AvgIpc) is 2.77. The molecule has 0 heterocycles. The Balaban J connectivity index is 1.95. The lowest BCUT2D eigenvalue weighted by Crippen LogP contribution is -2.43. The van der Waals surface area contributed by atoms with Crippen LogP contribution in [0.2, 0.25) is 0 Å². The number of fused-ring (bicyclic) bond motifs is 2. The minimum absolute atomic E-state index is 0.227. The molecule has 3 unspecified atom stereocenters. The first-order valence-electron chi connectivity index (χ1n) is 8.11. The van der Waals surface area contributed by atoms with Gasteiger partial charge in [0, 0.05) is 0 Å². The number of anilines is 1. The first-order chi connectivity index (χ1) is 11.0. The topological polar surface area (TPSA) is 49.3 Å². The molecule has 0 saturated heterocycles. The molecule has 6 heteroatoms. The molecule has 2 aliphatic rings. The van der Waals surface area contributed by atoms with Crippen molar-refractivity contribution in [2.75, 3.05) is 5.32 Å². The van der Waals surface area contributed by atoms with Crippen molar-refractivity contribution in [3.8, 4) is 0 Å². The van der Waals surface area contributed by atoms with Gasteiger partial charge in [-0.05, 0) is 42.2 Å². The SMILES string of the molecule is CC12CCC(C(=O)Nc3ccccc3C(F)(F)F)(CC1O)C2(C)C. The second kappa shape index (κ2) is 4.97. The van der Waals surface area contributed by atoms with Gasteiger partial charge in [0.1, 0.15) is 0 Å². The first-order valence-corrected chi connectivity index (χ1v) is 8.11. The summed E-state index contributed by atoms with van der Waals surface area (Å²) < 4.78 is 39.4. The van der Waals surface area contributed by atoms with Gasteiger partial charge in [-0.1, -0.05) is 32.9 Å².